The Morgan fingerprint density at radius 1 is 0.390 bits per heavy atom. The van der Waals surface area contributed by atoms with Crippen LogP contribution in [-0.4, -0.2) is 105 Å². The summed E-state index contributed by atoms with van der Waals surface area (Å²) in [6, 6.07) is 0. The minimum Gasteiger partial charge on any atom is -0.373 e. The third kappa shape index (κ3) is 13.0. The van der Waals surface area contributed by atoms with Crippen LogP contribution in [0.2, 0.25) is 0 Å². The van der Waals surface area contributed by atoms with Gasteiger partial charge in [0, 0.05) is 65.2 Å². The van der Waals surface area contributed by atoms with Crippen molar-refractivity contribution in [1.29, 1.82) is 0 Å². The third-order valence-electron chi connectivity index (χ3n) is 19.5. The van der Waals surface area contributed by atoms with Gasteiger partial charge < -0.3 is 39.8 Å². The fraction of sp³-hybridized carbons (Fsp3) is 1.00. The molecule has 0 aromatic heterocycles. The lowest BCUT2D eigenvalue weighted by molar-refractivity contribution is 0.0345. The molecule has 0 aliphatic heterocycles. The molecule has 7 saturated carbocycles. The predicted octanol–water partition coefficient (Wildman–Crippen LogP) is 20.7. The summed E-state index contributed by atoms with van der Waals surface area (Å²) in [7, 11) is 11.4. The largest absolute Gasteiger partial charge is 0.519 e. The lowest BCUT2D eigenvalue weighted by atomic mass is 9.80. The second-order valence-electron chi connectivity index (χ2n) is 22.7. The average Bonchev–Trinajstić information content (AvgIpc) is 4.52. The van der Waals surface area contributed by atoms with E-state index in [9.17, 15) is 0 Å². The van der Waals surface area contributed by atoms with E-state index in [4.69, 9.17) is 39.8 Å². The molecular formula is C53H102O9S12Si3. The topological polar surface area (TPSA) is 83.1 Å². The van der Waals surface area contributed by atoms with Gasteiger partial charge in [0.05, 0.1) is 0 Å². The van der Waals surface area contributed by atoms with Crippen LogP contribution >= 0.6 is 118 Å². The Labute approximate surface area is 515 Å². The van der Waals surface area contributed by atoms with Gasteiger partial charge in [0.25, 0.3) is 0 Å². The summed E-state index contributed by atoms with van der Waals surface area (Å²) >= 11 is 0. The predicted molar refractivity (Wildman–Crippen MR) is 361 cm³/mol. The van der Waals surface area contributed by atoms with Gasteiger partial charge in [-0.15, -0.1) is 0 Å². The van der Waals surface area contributed by atoms with Crippen molar-refractivity contribution < 1.29 is 39.8 Å². The molecule has 0 saturated heterocycles. The highest BCUT2D eigenvalue weighted by Crippen LogP contribution is 2.99. The van der Waals surface area contributed by atoms with Crippen molar-refractivity contribution >= 4 is 145 Å². The highest BCUT2D eigenvalue weighted by molar-refractivity contribution is 9.74. The maximum atomic E-state index is 7.50. The fourth-order valence-electron chi connectivity index (χ4n) is 16.6. The summed E-state index contributed by atoms with van der Waals surface area (Å²) in [5, 5.41) is 0. The maximum Gasteiger partial charge on any atom is 0.519 e. The molecule has 0 spiro atoms. The summed E-state index contributed by atoms with van der Waals surface area (Å²) in [5.74, 6) is 4.02. The van der Waals surface area contributed by atoms with Crippen molar-refractivity contribution in [2.75, 3.05) is 65.2 Å². The van der Waals surface area contributed by atoms with Crippen molar-refractivity contribution in [3.05, 3.63) is 0 Å². The quantitative estimate of drug-likeness (QED) is 0.0330. The van der Waals surface area contributed by atoms with Crippen LogP contribution in [0.15, 0.2) is 0 Å². The molecule has 7 fully saturated rings. The van der Waals surface area contributed by atoms with Crippen LogP contribution in [0.1, 0.15) is 218 Å². The van der Waals surface area contributed by atoms with Crippen molar-refractivity contribution in [2.24, 2.45) is 39.9 Å². The van der Waals surface area contributed by atoms with Gasteiger partial charge in [-0.3, -0.25) is 0 Å². The average molecular weight is 1350 g/mol. The van der Waals surface area contributed by atoms with Crippen LogP contribution in [0.4, 0.5) is 0 Å². The molecule has 7 aliphatic rings. The third-order valence-corrected chi connectivity index (χ3v) is 75.2. The van der Waals surface area contributed by atoms with Crippen LogP contribution in [0.25, 0.3) is 0 Å². The molecule has 7 rings (SSSR count). The maximum absolute atomic E-state index is 7.50. The highest BCUT2D eigenvalue weighted by atomic mass is 34.2. The van der Waals surface area contributed by atoms with Crippen LogP contribution in [-0.2, 0) is 39.8 Å². The SMILES string of the molecule is CCO[Si](OCC)(OCC)C1(SSSSS(SSSCCC2CCCCC2)(SSSSC2([Si](OCC)(OCC)OCC)CC3CCC2(CC)C3)C2([Si](OCC)(OCC)OCC)CC3CCC2(CC)C3)CC2CCC1(CC)C2. The van der Waals surface area contributed by atoms with Gasteiger partial charge in [0.1, 0.15) is 13.1 Å². The molecule has 6 bridgehead atoms. The molecule has 9 atom stereocenters. The van der Waals surface area contributed by atoms with E-state index in [-0.39, 0.29) is 29.4 Å². The smallest absolute Gasteiger partial charge is 0.373 e. The Morgan fingerprint density at radius 2 is 0.753 bits per heavy atom. The van der Waals surface area contributed by atoms with E-state index in [0.29, 0.717) is 77.2 Å². The Kier molecular flexibility index (Phi) is 28.0. The molecule has 0 N–H and O–H groups in total. The Morgan fingerprint density at radius 3 is 1.13 bits per heavy atom. The second kappa shape index (κ2) is 31.3. The molecule has 0 heterocycles. The lowest BCUT2D eigenvalue weighted by Crippen LogP contribution is -2.71. The molecular weight excluding hydrogens is 1250 g/mol. The van der Waals surface area contributed by atoms with Crippen LogP contribution < -0.4 is 0 Å². The number of rotatable bonds is 41. The lowest BCUT2D eigenvalue weighted by Gasteiger charge is -2.62. The summed E-state index contributed by atoms with van der Waals surface area (Å²) < 4.78 is 64.0. The molecule has 0 aromatic rings. The van der Waals surface area contributed by atoms with Crippen molar-refractivity contribution in [1.82, 2.24) is 0 Å². The van der Waals surface area contributed by atoms with Crippen molar-refractivity contribution in [3.8, 4) is 0 Å². The van der Waals surface area contributed by atoms with Gasteiger partial charge >= 0.3 is 26.4 Å². The monoisotopic (exact) mass is 1350 g/mol. The fourth-order valence-corrected chi connectivity index (χ4v) is 93.5. The number of fused-ring (bicyclic) bond motifs is 6. The summed E-state index contributed by atoms with van der Waals surface area (Å²) in [6.07, 6.45) is 26.2. The van der Waals surface area contributed by atoms with E-state index in [0.717, 1.165) is 44.4 Å². The van der Waals surface area contributed by atoms with Crippen LogP contribution in [0, 0.1) is 39.9 Å². The Balaban J connectivity index is 1.34. The van der Waals surface area contributed by atoms with Crippen molar-refractivity contribution in [2.45, 2.75) is 231 Å². The van der Waals surface area contributed by atoms with Gasteiger partial charge in [-0.05, 0) is 284 Å². The first kappa shape index (κ1) is 69.0. The summed E-state index contributed by atoms with van der Waals surface area (Å²) in [4.78, 5) is 0. The normalized spacial score (nSPS) is 34.5. The number of hydrogen-bond donors (Lipinski definition) is 0. The van der Waals surface area contributed by atoms with E-state index < -0.39 is 33.5 Å². The van der Waals surface area contributed by atoms with Gasteiger partial charge in [-0.2, -0.15) is 0 Å². The molecule has 0 aromatic carbocycles. The van der Waals surface area contributed by atoms with E-state index in [1.807, 2.05) is 39.3 Å². The van der Waals surface area contributed by atoms with Crippen molar-refractivity contribution in [3.63, 3.8) is 0 Å². The highest BCUT2D eigenvalue weighted by Gasteiger charge is 2.82. The molecule has 9 unspecified atom stereocenters. The first-order chi connectivity index (χ1) is 37.3. The molecule has 77 heavy (non-hydrogen) atoms. The molecule has 24 heteroatoms. The second-order valence-corrected chi connectivity index (χ2v) is 58.5. The zero-order chi connectivity index (χ0) is 55.4. The minimum atomic E-state index is -3.49. The number of hydrogen-bond acceptors (Lipinski definition) is 20. The van der Waals surface area contributed by atoms with Gasteiger partial charge in [0.15, 0.2) is 0 Å². The van der Waals surface area contributed by atoms with Crippen LogP contribution in [0.5, 0.6) is 0 Å². The van der Waals surface area contributed by atoms with E-state index in [1.54, 1.807) is 0 Å². The molecule has 9 nitrogen and oxygen atoms in total. The van der Waals surface area contributed by atoms with Gasteiger partial charge in [-0.25, -0.2) is 0 Å². The Hall–Kier alpha value is 4.49. The molecule has 0 radical (unpaired) electrons. The molecule has 452 valence electrons. The van der Waals surface area contributed by atoms with E-state index in [2.05, 4.69) is 155 Å². The summed E-state index contributed by atoms with van der Waals surface area (Å²) in [6.45, 7) is 32.1. The standard InChI is InChI=1S/C53H102O9S12Si3/c1-13-48-34-30-45(38-48)41-51(48,75(54-16-4,55-17-5)56-18-6)64-67-69-72-74(71-66-63-37-33-44-28-26-25-27-29-44,53(43-47-32-36-50(53,15-3)40-47)77(60-22-10,61-23-11)62-24-12)73-70-68-65-52(42-46-31-35-49(52,14-2)39-46)76(57-19-7,58-20-8)59-21-9/h44-47H,13-43H2,1-12H3. The minimum absolute atomic E-state index is 0.0217. The zero-order valence-corrected chi connectivity index (χ0v) is 62.1. The zero-order valence-electron chi connectivity index (χ0n) is 49.3. The summed E-state index contributed by atoms with van der Waals surface area (Å²) in [5.41, 5.74) is 0.248. The van der Waals surface area contributed by atoms with E-state index in [1.165, 1.54) is 102 Å². The first-order valence-corrected chi connectivity index (χ1v) is 51.9. The van der Waals surface area contributed by atoms with Gasteiger partial charge in [0.2, 0.25) is 0 Å². The van der Waals surface area contributed by atoms with Gasteiger partial charge in [-0.1, -0.05) is 92.4 Å². The van der Waals surface area contributed by atoms with Crippen LogP contribution in [0.3, 0.4) is 0 Å². The van der Waals surface area contributed by atoms with E-state index >= 15 is 0 Å². The Bertz CT molecular complexity index is 1670. The molecule has 0 amide bonds. The first-order valence-electron chi connectivity index (χ1n) is 30.3. The molecule has 7 aliphatic carbocycles.